The fourth-order valence-corrected chi connectivity index (χ4v) is 2.89. The first-order valence-corrected chi connectivity index (χ1v) is 6.62. The van der Waals surface area contributed by atoms with E-state index >= 15 is 0 Å². The van der Waals surface area contributed by atoms with Gasteiger partial charge in [0.25, 0.3) is 0 Å². The molecule has 0 aromatic heterocycles. The summed E-state index contributed by atoms with van der Waals surface area (Å²) in [5.74, 6) is 1.74. The molecule has 3 heteroatoms. The van der Waals surface area contributed by atoms with Crippen molar-refractivity contribution in [1.82, 2.24) is 10.2 Å². The zero-order valence-corrected chi connectivity index (χ0v) is 10.7. The van der Waals surface area contributed by atoms with Crippen LogP contribution in [0.5, 0.6) is 0 Å². The molecule has 2 rings (SSSR count). The Bertz CT molecular complexity index is 265. The second kappa shape index (κ2) is 4.74. The standard InChI is InChI=1S/C13H24N2O/c1-9(2)10(3)13(16)15-7-5-11-4-6-14-8-12(11)15/h9-12,14H,4-8H2,1-3H3/t10?,11-,12-/m0/s1. The van der Waals surface area contributed by atoms with Crippen molar-refractivity contribution in [2.24, 2.45) is 17.8 Å². The van der Waals surface area contributed by atoms with Crippen LogP contribution in [0, 0.1) is 17.8 Å². The van der Waals surface area contributed by atoms with Crippen LogP contribution in [0.1, 0.15) is 33.6 Å². The smallest absolute Gasteiger partial charge is 0.225 e. The van der Waals surface area contributed by atoms with Crippen LogP contribution in [0.4, 0.5) is 0 Å². The van der Waals surface area contributed by atoms with Crippen molar-refractivity contribution in [1.29, 1.82) is 0 Å². The van der Waals surface area contributed by atoms with E-state index in [0.29, 0.717) is 17.9 Å². The zero-order valence-electron chi connectivity index (χ0n) is 10.7. The molecule has 0 spiro atoms. The third kappa shape index (κ3) is 2.10. The van der Waals surface area contributed by atoms with E-state index in [1.54, 1.807) is 0 Å². The van der Waals surface area contributed by atoms with Crippen molar-refractivity contribution >= 4 is 5.91 Å². The Hall–Kier alpha value is -0.570. The summed E-state index contributed by atoms with van der Waals surface area (Å²) in [7, 11) is 0. The lowest BCUT2D eigenvalue weighted by molar-refractivity contribution is -0.137. The molecule has 92 valence electrons. The van der Waals surface area contributed by atoms with Gasteiger partial charge < -0.3 is 10.2 Å². The Morgan fingerprint density at radius 3 is 2.75 bits per heavy atom. The highest BCUT2D eigenvalue weighted by molar-refractivity contribution is 5.79. The molecule has 2 saturated heterocycles. The SMILES string of the molecule is CC(C)C(C)C(=O)N1CC[C@@H]2CCNC[C@@H]21. The van der Waals surface area contributed by atoms with Crippen molar-refractivity contribution in [3.8, 4) is 0 Å². The van der Waals surface area contributed by atoms with Crippen molar-refractivity contribution in [3.63, 3.8) is 0 Å². The number of fused-ring (bicyclic) bond motifs is 1. The second-order valence-corrected chi connectivity index (χ2v) is 5.67. The summed E-state index contributed by atoms with van der Waals surface area (Å²) >= 11 is 0. The lowest BCUT2D eigenvalue weighted by atomic mass is 9.92. The molecule has 0 saturated carbocycles. The molecular weight excluding hydrogens is 200 g/mol. The molecule has 0 aromatic carbocycles. The third-order valence-corrected chi connectivity index (χ3v) is 4.40. The summed E-state index contributed by atoms with van der Waals surface area (Å²) in [6, 6.07) is 0.474. The molecule has 2 aliphatic heterocycles. The molecule has 1 amide bonds. The van der Waals surface area contributed by atoms with Gasteiger partial charge in [-0.2, -0.15) is 0 Å². The number of piperidine rings is 1. The Morgan fingerprint density at radius 2 is 2.06 bits per heavy atom. The van der Waals surface area contributed by atoms with Gasteiger partial charge in [0.1, 0.15) is 0 Å². The molecule has 1 N–H and O–H groups in total. The zero-order chi connectivity index (χ0) is 11.7. The summed E-state index contributed by atoms with van der Waals surface area (Å²) in [6.45, 7) is 9.44. The van der Waals surface area contributed by atoms with Gasteiger partial charge in [0, 0.05) is 25.0 Å². The summed E-state index contributed by atoms with van der Waals surface area (Å²) in [5, 5.41) is 3.42. The van der Waals surface area contributed by atoms with Crippen LogP contribution < -0.4 is 5.32 Å². The minimum Gasteiger partial charge on any atom is -0.338 e. The molecule has 2 aliphatic rings. The second-order valence-electron chi connectivity index (χ2n) is 5.67. The molecule has 1 unspecified atom stereocenters. The Kier molecular flexibility index (Phi) is 3.53. The number of rotatable bonds is 2. The van der Waals surface area contributed by atoms with Gasteiger partial charge in [-0.25, -0.2) is 0 Å². The molecule has 2 fully saturated rings. The van der Waals surface area contributed by atoms with E-state index in [0.717, 1.165) is 25.6 Å². The van der Waals surface area contributed by atoms with Crippen molar-refractivity contribution in [2.75, 3.05) is 19.6 Å². The lowest BCUT2D eigenvalue weighted by Gasteiger charge is -2.34. The van der Waals surface area contributed by atoms with E-state index in [4.69, 9.17) is 0 Å². The van der Waals surface area contributed by atoms with Crippen LogP contribution in [0.2, 0.25) is 0 Å². The van der Waals surface area contributed by atoms with Crippen molar-refractivity contribution < 1.29 is 4.79 Å². The average Bonchev–Trinajstić information content (AvgIpc) is 2.70. The van der Waals surface area contributed by atoms with Gasteiger partial charge in [0.05, 0.1) is 0 Å². The van der Waals surface area contributed by atoms with Crippen LogP contribution in [-0.2, 0) is 4.79 Å². The van der Waals surface area contributed by atoms with E-state index < -0.39 is 0 Å². The Balaban J connectivity index is 2.02. The van der Waals surface area contributed by atoms with Crippen molar-refractivity contribution in [3.05, 3.63) is 0 Å². The first-order valence-electron chi connectivity index (χ1n) is 6.62. The van der Waals surface area contributed by atoms with Gasteiger partial charge in [-0.15, -0.1) is 0 Å². The molecule has 3 nitrogen and oxygen atoms in total. The van der Waals surface area contributed by atoms with Crippen LogP contribution in [-0.4, -0.2) is 36.5 Å². The van der Waals surface area contributed by atoms with Crippen LogP contribution in [0.25, 0.3) is 0 Å². The van der Waals surface area contributed by atoms with Crippen LogP contribution >= 0.6 is 0 Å². The minimum absolute atomic E-state index is 0.167. The molecule has 0 aromatic rings. The first kappa shape index (κ1) is 11.9. The minimum atomic E-state index is 0.167. The molecule has 2 heterocycles. The van der Waals surface area contributed by atoms with Gasteiger partial charge in [0.15, 0.2) is 0 Å². The van der Waals surface area contributed by atoms with E-state index in [2.05, 4.69) is 31.0 Å². The highest BCUT2D eigenvalue weighted by Crippen LogP contribution is 2.30. The van der Waals surface area contributed by atoms with E-state index in [9.17, 15) is 4.79 Å². The highest BCUT2D eigenvalue weighted by atomic mass is 16.2. The summed E-state index contributed by atoms with van der Waals surface area (Å²) in [5.41, 5.74) is 0. The lowest BCUT2D eigenvalue weighted by Crippen LogP contribution is -2.49. The summed E-state index contributed by atoms with van der Waals surface area (Å²) in [6.07, 6.45) is 2.45. The van der Waals surface area contributed by atoms with Gasteiger partial charge >= 0.3 is 0 Å². The van der Waals surface area contributed by atoms with E-state index in [-0.39, 0.29) is 5.92 Å². The summed E-state index contributed by atoms with van der Waals surface area (Å²) in [4.78, 5) is 14.5. The predicted molar refractivity (Wildman–Crippen MR) is 65.1 cm³/mol. The molecule has 0 bridgehead atoms. The largest absolute Gasteiger partial charge is 0.338 e. The van der Waals surface area contributed by atoms with Crippen molar-refractivity contribution in [2.45, 2.75) is 39.7 Å². The number of likely N-dealkylation sites (tertiary alicyclic amines) is 1. The maximum Gasteiger partial charge on any atom is 0.225 e. The third-order valence-electron chi connectivity index (χ3n) is 4.40. The molecule has 16 heavy (non-hydrogen) atoms. The fourth-order valence-electron chi connectivity index (χ4n) is 2.89. The average molecular weight is 224 g/mol. The number of nitrogens with one attached hydrogen (secondary N) is 1. The van der Waals surface area contributed by atoms with Gasteiger partial charge in [0.2, 0.25) is 5.91 Å². The molecule has 0 aliphatic carbocycles. The molecule has 3 atom stereocenters. The normalized spacial score (nSPS) is 31.6. The predicted octanol–water partition coefficient (Wildman–Crippen LogP) is 1.49. The quantitative estimate of drug-likeness (QED) is 0.770. The monoisotopic (exact) mass is 224 g/mol. The van der Waals surface area contributed by atoms with E-state index in [1.165, 1.54) is 12.8 Å². The molecule has 0 radical (unpaired) electrons. The number of carbonyl (C=O) groups is 1. The number of hydrogen-bond donors (Lipinski definition) is 1. The summed E-state index contributed by atoms with van der Waals surface area (Å²) < 4.78 is 0. The maximum absolute atomic E-state index is 12.3. The van der Waals surface area contributed by atoms with Gasteiger partial charge in [-0.3, -0.25) is 4.79 Å². The van der Waals surface area contributed by atoms with Crippen LogP contribution in [0.3, 0.4) is 0 Å². The number of amides is 1. The first-order chi connectivity index (χ1) is 7.61. The highest BCUT2D eigenvalue weighted by Gasteiger charge is 2.39. The van der Waals surface area contributed by atoms with E-state index in [1.807, 2.05) is 0 Å². The Labute approximate surface area is 98.6 Å². The Morgan fingerprint density at radius 1 is 1.31 bits per heavy atom. The number of nitrogens with zero attached hydrogens (tertiary/aromatic N) is 1. The number of hydrogen-bond acceptors (Lipinski definition) is 2. The van der Waals surface area contributed by atoms with Crippen LogP contribution in [0.15, 0.2) is 0 Å². The fraction of sp³-hybridized carbons (Fsp3) is 0.923. The number of carbonyl (C=O) groups excluding carboxylic acids is 1. The topological polar surface area (TPSA) is 32.3 Å². The maximum atomic E-state index is 12.3. The molecular formula is C13H24N2O. The van der Waals surface area contributed by atoms with Gasteiger partial charge in [-0.1, -0.05) is 20.8 Å². The van der Waals surface area contributed by atoms with Gasteiger partial charge in [-0.05, 0) is 31.2 Å².